The van der Waals surface area contributed by atoms with Crippen molar-refractivity contribution in [1.29, 1.82) is 0 Å². The molecule has 1 N–H and O–H groups in total. The molecule has 3 heteroatoms. The van der Waals surface area contributed by atoms with Gasteiger partial charge in [0.1, 0.15) is 10.5 Å². The minimum Gasteiger partial charge on any atom is -0.343 e. The van der Waals surface area contributed by atoms with E-state index in [9.17, 15) is 0 Å². The third-order valence-corrected chi connectivity index (χ3v) is 4.12. The highest BCUT2D eigenvalue weighted by Crippen LogP contribution is 2.35. The molecule has 1 aliphatic rings. The number of rotatable bonds is 2. The first kappa shape index (κ1) is 11.6. The van der Waals surface area contributed by atoms with Crippen molar-refractivity contribution in [2.75, 3.05) is 0 Å². The van der Waals surface area contributed by atoms with E-state index in [1.165, 1.54) is 24.8 Å². The highest BCUT2D eigenvalue weighted by molar-refractivity contribution is 7.71. The molecule has 0 saturated heterocycles. The van der Waals surface area contributed by atoms with Gasteiger partial charge in [0.2, 0.25) is 0 Å². The summed E-state index contributed by atoms with van der Waals surface area (Å²) in [7, 11) is 0. The van der Waals surface area contributed by atoms with E-state index in [1.807, 2.05) is 13.0 Å². The second-order valence-electron chi connectivity index (χ2n) is 4.92. The third-order valence-electron chi connectivity index (χ3n) is 3.73. The molecule has 2 nitrogen and oxygen atoms in total. The molecule has 0 radical (unpaired) electrons. The molecule has 0 bridgehead atoms. The molecule has 1 fully saturated rings. The van der Waals surface area contributed by atoms with E-state index in [1.54, 1.807) is 0 Å². The molecule has 92 valence electrons. The Labute approximate surface area is 112 Å². The lowest BCUT2D eigenvalue weighted by Gasteiger charge is -2.25. The summed E-state index contributed by atoms with van der Waals surface area (Å²) < 4.78 is 0.731. The Morgan fingerprint density at radius 2 is 1.94 bits per heavy atom. The average molecular weight is 256 g/mol. The molecule has 1 aromatic heterocycles. The zero-order valence-corrected chi connectivity index (χ0v) is 11.3. The first-order valence-electron chi connectivity index (χ1n) is 6.42. The van der Waals surface area contributed by atoms with Crippen molar-refractivity contribution in [3.05, 3.63) is 46.4 Å². The van der Waals surface area contributed by atoms with Gasteiger partial charge in [0.25, 0.3) is 0 Å². The van der Waals surface area contributed by atoms with Gasteiger partial charge in [-0.2, -0.15) is 0 Å². The van der Waals surface area contributed by atoms with Gasteiger partial charge in [-0.3, -0.25) is 0 Å². The molecular formula is C15H16N2S. The summed E-state index contributed by atoms with van der Waals surface area (Å²) in [5.74, 6) is 1.64. The Bertz CT molecular complexity index is 612. The van der Waals surface area contributed by atoms with Crippen LogP contribution in [0.25, 0.3) is 11.3 Å². The number of aromatic amines is 1. The van der Waals surface area contributed by atoms with Crippen molar-refractivity contribution in [1.82, 2.24) is 9.97 Å². The van der Waals surface area contributed by atoms with Gasteiger partial charge in [-0.15, -0.1) is 0 Å². The first-order chi connectivity index (χ1) is 8.75. The molecule has 1 heterocycles. The van der Waals surface area contributed by atoms with Crippen LogP contribution < -0.4 is 0 Å². The zero-order valence-electron chi connectivity index (χ0n) is 10.4. The summed E-state index contributed by atoms with van der Waals surface area (Å²) in [5.41, 5.74) is 3.38. The normalized spacial score (nSPS) is 15.4. The molecule has 3 rings (SSSR count). The lowest BCUT2D eigenvalue weighted by atomic mass is 9.84. The molecule has 18 heavy (non-hydrogen) atoms. The van der Waals surface area contributed by atoms with Gasteiger partial charge in [-0.25, -0.2) is 4.98 Å². The fraction of sp³-hybridized carbons (Fsp3) is 0.333. The Hall–Kier alpha value is -1.48. The topological polar surface area (TPSA) is 28.7 Å². The Balaban J connectivity index is 2.13. The number of hydrogen-bond acceptors (Lipinski definition) is 2. The maximum Gasteiger partial charge on any atom is 0.133 e. The number of benzene rings is 1. The highest BCUT2D eigenvalue weighted by Gasteiger charge is 2.22. The summed E-state index contributed by atoms with van der Waals surface area (Å²) in [5, 5.41) is 0. The fourth-order valence-electron chi connectivity index (χ4n) is 2.32. The van der Waals surface area contributed by atoms with E-state index in [4.69, 9.17) is 12.2 Å². The summed E-state index contributed by atoms with van der Waals surface area (Å²) in [6.07, 6.45) is 3.77. The second-order valence-corrected chi connectivity index (χ2v) is 5.31. The predicted molar refractivity (Wildman–Crippen MR) is 76.2 cm³/mol. The lowest BCUT2D eigenvalue weighted by Crippen LogP contribution is -2.13. The van der Waals surface area contributed by atoms with Gasteiger partial charge >= 0.3 is 0 Å². The van der Waals surface area contributed by atoms with Crippen molar-refractivity contribution in [2.45, 2.75) is 32.1 Å². The smallest absolute Gasteiger partial charge is 0.133 e. The SMILES string of the molecule is Cc1c(-c2ccccc2)[nH]c(C2CCC2)nc1=S. The van der Waals surface area contributed by atoms with Gasteiger partial charge in [0.15, 0.2) is 0 Å². The number of H-pyrrole nitrogens is 1. The van der Waals surface area contributed by atoms with Crippen LogP contribution in [0.3, 0.4) is 0 Å². The highest BCUT2D eigenvalue weighted by atomic mass is 32.1. The van der Waals surface area contributed by atoms with Gasteiger partial charge in [0.05, 0.1) is 5.69 Å². The minimum absolute atomic E-state index is 0.578. The van der Waals surface area contributed by atoms with E-state index in [-0.39, 0.29) is 0 Å². The van der Waals surface area contributed by atoms with Crippen molar-refractivity contribution in [3.63, 3.8) is 0 Å². The van der Waals surface area contributed by atoms with Crippen molar-refractivity contribution in [3.8, 4) is 11.3 Å². The maximum absolute atomic E-state index is 5.39. The molecule has 0 atom stereocenters. The minimum atomic E-state index is 0.578. The van der Waals surface area contributed by atoms with Gasteiger partial charge in [-0.1, -0.05) is 49.0 Å². The standard InChI is InChI=1S/C15H16N2S/c1-10-13(11-6-3-2-4-7-11)16-14(17-15(10)18)12-8-5-9-12/h2-4,6-7,12H,5,8-9H2,1H3,(H,16,17,18). The van der Waals surface area contributed by atoms with E-state index < -0.39 is 0 Å². The van der Waals surface area contributed by atoms with Gasteiger partial charge < -0.3 is 4.98 Å². The predicted octanol–water partition coefficient (Wildman–Crippen LogP) is 4.38. The molecule has 1 aliphatic carbocycles. The lowest BCUT2D eigenvalue weighted by molar-refractivity contribution is 0.401. The number of nitrogens with zero attached hydrogens (tertiary/aromatic N) is 1. The van der Waals surface area contributed by atoms with E-state index >= 15 is 0 Å². The number of aromatic nitrogens is 2. The molecule has 1 saturated carbocycles. The second kappa shape index (κ2) is 4.65. The number of nitrogens with one attached hydrogen (secondary N) is 1. The zero-order chi connectivity index (χ0) is 12.5. The van der Waals surface area contributed by atoms with Crippen molar-refractivity contribution in [2.24, 2.45) is 0 Å². The van der Waals surface area contributed by atoms with Gasteiger partial charge in [-0.05, 0) is 25.3 Å². The summed E-state index contributed by atoms with van der Waals surface area (Å²) in [4.78, 5) is 8.03. The monoisotopic (exact) mass is 256 g/mol. The maximum atomic E-state index is 5.39. The van der Waals surface area contributed by atoms with Crippen LogP contribution in [0.2, 0.25) is 0 Å². The number of hydrogen-bond donors (Lipinski definition) is 1. The van der Waals surface area contributed by atoms with E-state index in [2.05, 4.69) is 34.2 Å². The van der Waals surface area contributed by atoms with Crippen molar-refractivity contribution < 1.29 is 0 Å². The molecule has 0 spiro atoms. The molecule has 1 aromatic carbocycles. The fourth-order valence-corrected chi connectivity index (χ4v) is 2.52. The van der Waals surface area contributed by atoms with Crippen LogP contribution in [0.1, 0.15) is 36.6 Å². The molecule has 2 aromatic rings. The van der Waals surface area contributed by atoms with Crippen LogP contribution in [-0.2, 0) is 0 Å². The van der Waals surface area contributed by atoms with Gasteiger partial charge in [0, 0.05) is 11.5 Å². The Morgan fingerprint density at radius 1 is 1.22 bits per heavy atom. The Kier molecular flexibility index (Phi) is 3.00. The first-order valence-corrected chi connectivity index (χ1v) is 6.83. The van der Waals surface area contributed by atoms with Crippen LogP contribution >= 0.6 is 12.2 Å². The van der Waals surface area contributed by atoms with E-state index in [0.717, 1.165) is 21.7 Å². The molecule has 0 amide bonds. The molecule has 0 aliphatic heterocycles. The van der Waals surface area contributed by atoms with Crippen LogP contribution in [0.15, 0.2) is 30.3 Å². The van der Waals surface area contributed by atoms with Crippen LogP contribution in [0, 0.1) is 11.6 Å². The van der Waals surface area contributed by atoms with Crippen molar-refractivity contribution >= 4 is 12.2 Å². The summed E-state index contributed by atoms with van der Waals surface area (Å²) in [6.45, 7) is 2.04. The average Bonchev–Trinajstić information content (AvgIpc) is 2.32. The van der Waals surface area contributed by atoms with Crippen LogP contribution in [-0.4, -0.2) is 9.97 Å². The van der Waals surface area contributed by atoms with E-state index in [0.29, 0.717) is 5.92 Å². The third kappa shape index (κ3) is 1.99. The summed E-state index contributed by atoms with van der Waals surface area (Å²) >= 11 is 5.39. The molecule has 0 unspecified atom stereocenters. The van der Waals surface area contributed by atoms with Crippen LogP contribution in [0.5, 0.6) is 0 Å². The Morgan fingerprint density at radius 3 is 2.56 bits per heavy atom. The molecular weight excluding hydrogens is 240 g/mol. The quantitative estimate of drug-likeness (QED) is 0.808. The summed E-state index contributed by atoms with van der Waals surface area (Å²) in [6, 6.07) is 10.3. The van der Waals surface area contributed by atoms with Crippen LogP contribution in [0.4, 0.5) is 0 Å². The largest absolute Gasteiger partial charge is 0.343 e.